The molecule has 0 fully saturated rings. The maximum Gasteiger partial charge on any atom is 0.265 e. The van der Waals surface area contributed by atoms with Crippen LogP contribution in [0.15, 0.2) is 57.9 Å². The Hall–Kier alpha value is -1.08. The van der Waals surface area contributed by atoms with E-state index in [1.165, 1.54) is 31.2 Å². The zero-order chi connectivity index (χ0) is 17.2. The van der Waals surface area contributed by atoms with Crippen molar-refractivity contribution in [2.75, 3.05) is 4.31 Å². The van der Waals surface area contributed by atoms with Gasteiger partial charge in [0.25, 0.3) is 10.0 Å². The molecular weight excluding hydrogens is 425 g/mol. The van der Waals surface area contributed by atoms with Crippen LogP contribution in [0.1, 0.15) is 6.92 Å². The summed E-state index contributed by atoms with van der Waals surface area (Å²) in [6.07, 6.45) is 0. The molecule has 0 aromatic heterocycles. The first kappa shape index (κ1) is 18.3. The zero-order valence-corrected chi connectivity index (χ0v) is 15.8. The lowest BCUT2D eigenvalue weighted by Gasteiger charge is -2.28. The van der Waals surface area contributed by atoms with Gasteiger partial charge in [-0.05, 0) is 67.1 Å². The number of hydrogen-bond acceptors (Lipinski definition) is 3. The average molecular weight is 437 g/mol. The highest BCUT2D eigenvalue weighted by Gasteiger charge is 2.32. The van der Waals surface area contributed by atoms with E-state index in [-0.39, 0.29) is 4.90 Å². The van der Waals surface area contributed by atoms with E-state index in [9.17, 15) is 13.2 Å². The summed E-state index contributed by atoms with van der Waals surface area (Å²) in [6.45, 7) is 1.44. The lowest BCUT2D eigenvalue weighted by molar-refractivity contribution is -0.112. The second-order valence-electron chi connectivity index (χ2n) is 4.71. The third-order valence-corrected chi connectivity index (χ3v) is 6.14. The second kappa shape index (κ2) is 7.21. The Bertz CT molecular complexity index is 808. The Kier molecular flexibility index (Phi) is 5.73. The van der Waals surface area contributed by atoms with E-state index < -0.39 is 21.3 Å². The Morgan fingerprint density at radius 3 is 2.09 bits per heavy atom. The predicted molar refractivity (Wildman–Crippen MR) is 95.6 cm³/mol. The summed E-state index contributed by atoms with van der Waals surface area (Å²) in [7, 11) is -3.97. The summed E-state index contributed by atoms with van der Waals surface area (Å²) >= 11 is 14.6. The van der Waals surface area contributed by atoms with Crippen molar-refractivity contribution in [3.05, 3.63) is 58.0 Å². The molecule has 1 atom stereocenters. The third-order valence-electron chi connectivity index (χ3n) is 3.13. The number of carbonyl (C=O) groups is 1. The predicted octanol–water partition coefficient (Wildman–Crippen LogP) is 4.45. The summed E-state index contributed by atoms with van der Waals surface area (Å²) < 4.78 is 27.7. The number of rotatable bonds is 5. The number of nitrogens with zero attached hydrogens (tertiary/aromatic N) is 1. The standard InChI is InChI=1S/C15H12BrCl2NO3S/c1-10(15(18)20)19(13-6-2-11(16)3-7-13)23(21,22)14-8-4-12(17)5-9-14/h2-10H,1H3. The fourth-order valence-corrected chi connectivity index (χ4v) is 4.14. The molecule has 0 radical (unpaired) electrons. The minimum absolute atomic E-state index is 0.0228. The minimum Gasteiger partial charge on any atom is -0.279 e. The SMILES string of the molecule is CC(C(=O)Cl)N(c1ccc(Br)cc1)S(=O)(=O)c1ccc(Cl)cc1. The molecule has 0 saturated carbocycles. The molecule has 0 aliphatic rings. The van der Waals surface area contributed by atoms with Crippen LogP contribution in [0.25, 0.3) is 0 Å². The molecule has 4 nitrogen and oxygen atoms in total. The molecule has 2 aromatic carbocycles. The van der Waals surface area contributed by atoms with E-state index in [0.717, 1.165) is 8.78 Å². The molecule has 0 bridgehead atoms. The first-order valence-corrected chi connectivity index (χ1v) is 9.47. The van der Waals surface area contributed by atoms with E-state index in [0.29, 0.717) is 10.7 Å². The Morgan fingerprint density at radius 2 is 1.61 bits per heavy atom. The third kappa shape index (κ3) is 4.07. The van der Waals surface area contributed by atoms with Crippen molar-refractivity contribution in [1.82, 2.24) is 0 Å². The lowest BCUT2D eigenvalue weighted by atomic mass is 10.3. The largest absolute Gasteiger partial charge is 0.279 e. The number of anilines is 1. The first-order chi connectivity index (χ1) is 10.7. The van der Waals surface area contributed by atoms with Gasteiger partial charge in [-0.15, -0.1) is 0 Å². The molecule has 2 aromatic rings. The molecule has 0 amide bonds. The van der Waals surface area contributed by atoms with E-state index in [1.807, 2.05) is 0 Å². The fourth-order valence-electron chi connectivity index (χ4n) is 1.97. The number of benzene rings is 2. The van der Waals surface area contributed by atoms with Gasteiger partial charge in [0, 0.05) is 9.50 Å². The van der Waals surface area contributed by atoms with Crippen molar-refractivity contribution in [2.45, 2.75) is 17.9 Å². The number of sulfonamides is 1. The minimum atomic E-state index is -3.97. The van der Waals surface area contributed by atoms with Crippen LogP contribution < -0.4 is 4.31 Å². The highest BCUT2D eigenvalue weighted by molar-refractivity contribution is 9.10. The molecule has 122 valence electrons. The topological polar surface area (TPSA) is 54.5 Å². The van der Waals surface area contributed by atoms with Crippen LogP contribution in [-0.4, -0.2) is 19.7 Å². The van der Waals surface area contributed by atoms with Crippen LogP contribution in [0.3, 0.4) is 0 Å². The van der Waals surface area contributed by atoms with Crippen molar-refractivity contribution in [2.24, 2.45) is 0 Å². The number of hydrogen-bond donors (Lipinski definition) is 0. The quantitative estimate of drug-likeness (QED) is 0.650. The van der Waals surface area contributed by atoms with E-state index in [4.69, 9.17) is 23.2 Å². The molecule has 0 aliphatic carbocycles. The van der Waals surface area contributed by atoms with Gasteiger partial charge in [0.2, 0.25) is 5.24 Å². The highest BCUT2D eigenvalue weighted by atomic mass is 79.9. The molecule has 1 unspecified atom stereocenters. The number of halogens is 3. The summed E-state index contributed by atoms with van der Waals surface area (Å²) in [5, 5.41) is -0.355. The van der Waals surface area contributed by atoms with Crippen molar-refractivity contribution in [1.29, 1.82) is 0 Å². The Morgan fingerprint density at radius 1 is 1.09 bits per heavy atom. The van der Waals surface area contributed by atoms with Crippen molar-refractivity contribution in [3.8, 4) is 0 Å². The first-order valence-electron chi connectivity index (χ1n) is 6.48. The van der Waals surface area contributed by atoms with Gasteiger partial charge in [-0.2, -0.15) is 0 Å². The maximum atomic E-state index is 12.9. The maximum absolute atomic E-state index is 12.9. The van der Waals surface area contributed by atoms with Gasteiger partial charge >= 0.3 is 0 Å². The molecule has 0 saturated heterocycles. The molecular formula is C15H12BrCl2NO3S. The van der Waals surface area contributed by atoms with Crippen LogP contribution >= 0.6 is 39.1 Å². The van der Waals surface area contributed by atoms with Gasteiger partial charge < -0.3 is 0 Å². The number of carbonyl (C=O) groups excluding carboxylic acids is 1. The van der Waals surface area contributed by atoms with Crippen LogP contribution in [0.2, 0.25) is 5.02 Å². The van der Waals surface area contributed by atoms with Gasteiger partial charge in [-0.1, -0.05) is 27.5 Å². The molecule has 0 aliphatic heterocycles. The average Bonchev–Trinajstić information content (AvgIpc) is 2.49. The molecule has 2 rings (SSSR count). The summed E-state index contributed by atoms with van der Waals surface area (Å²) in [6, 6.07) is 11.2. The van der Waals surface area contributed by atoms with Gasteiger partial charge in [-0.3, -0.25) is 9.10 Å². The lowest BCUT2D eigenvalue weighted by Crippen LogP contribution is -2.42. The molecule has 8 heteroatoms. The summed E-state index contributed by atoms with van der Waals surface area (Å²) in [4.78, 5) is 11.6. The van der Waals surface area contributed by atoms with Crippen molar-refractivity contribution in [3.63, 3.8) is 0 Å². The van der Waals surface area contributed by atoms with E-state index >= 15 is 0 Å². The molecule has 0 N–H and O–H groups in total. The van der Waals surface area contributed by atoms with Gasteiger partial charge in [0.15, 0.2) is 0 Å². The van der Waals surface area contributed by atoms with Crippen LogP contribution in [0, 0.1) is 0 Å². The van der Waals surface area contributed by atoms with Crippen LogP contribution in [0.5, 0.6) is 0 Å². The van der Waals surface area contributed by atoms with E-state index in [1.54, 1.807) is 24.3 Å². The van der Waals surface area contributed by atoms with Crippen LogP contribution in [-0.2, 0) is 14.8 Å². The highest BCUT2D eigenvalue weighted by Crippen LogP contribution is 2.28. The molecule has 0 spiro atoms. The van der Waals surface area contributed by atoms with Crippen molar-refractivity contribution >= 4 is 60.1 Å². The smallest absolute Gasteiger partial charge is 0.265 e. The van der Waals surface area contributed by atoms with Gasteiger partial charge in [-0.25, -0.2) is 8.42 Å². The van der Waals surface area contributed by atoms with Crippen LogP contribution in [0.4, 0.5) is 5.69 Å². The molecule has 23 heavy (non-hydrogen) atoms. The van der Waals surface area contributed by atoms with Crippen molar-refractivity contribution < 1.29 is 13.2 Å². The summed E-state index contributed by atoms with van der Waals surface area (Å²) in [5.41, 5.74) is 0.338. The normalized spacial score (nSPS) is 12.7. The van der Waals surface area contributed by atoms with E-state index in [2.05, 4.69) is 15.9 Å². The monoisotopic (exact) mass is 435 g/mol. The zero-order valence-electron chi connectivity index (χ0n) is 11.9. The molecule has 0 heterocycles. The van der Waals surface area contributed by atoms with Gasteiger partial charge in [0.1, 0.15) is 6.04 Å². The fraction of sp³-hybridized carbons (Fsp3) is 0.133. The van der Waals surface area contributed by atoms with Gasteiger partial charge in [0.05, 0.1) is 10.6 Å². The summed E-state index contributed by atoms with van der Waals surface area (Å²) in [5.74, 6) is 0. The second-order valence-corrected chi connectivity index (χ2v) is 8.25. The Balaban J connectivity index is 2.58. The Labute approximate surface area is 153 Å².